The highest BCUT2D eigenvalue weighted by Crippen LogP contribution is 2.41. The molecule has 0 aliphatic rings. The number of carbonyl (C=O) groups is 1. The Bertz CT molecular complexity index is 1250. The molecule has 0 fully saturated rings. The van der Waals surface area contributed by atoms with E-state index in [0.29, 0.717) is 28.2 Å². The van der Waals surface area contributed by atoms with Gasteiger partial charge in [0.1, 0.15) is 6.10 Å². The fourth-order valence-corrected chi connectivity index (χ4v) is 3.81. The number of rotatable bonds is 14. The number of ether oxygens (including phenoxy) is 7. The van der Waals surface area contributed by atoms with E-state index in [1.807, 2.05) is 0 Å². The van der Waals surface area contributed by atoms with Gasteiger partial charge in [-0.25, -0.2) is 4.79 Å². The minimum Gasteiger partial charge on any atom is -0.493 e. The number of aliphatic hydroxyl groups excluding tert-OH is 2. The number of benzene rings is 3. The molecule has 0 saturated heterocycles. The lowest BCUT2D eigenvalue weighted by Gasteiger charge is -2.25. The highest BCUT2D eigenvalue weighted by molar-refractivity contribution is 5.91. The summed E-state index contributed by atoms with van der Waals surface area (Å²) < 4.78 is 38.3. The quantitative estimate of drug-likeness (QED) is 0.172. The number of methoxy groups -OCH3 is 5. The molecular weight excluding hydrogens is 520 g/mol. The first-order valence-electron chi connectivity index (χ1n) is 12.3. The van der Waals surface area contributed by atoms with Gasteiger partial charge in [0.15, 0.2) is 35.4 Å². The fraction of sp³-hybridized carbons (Fsp3) is 0.300. The van der Waals surface area contributed by atoms with Gasteiger partial charge >= 0.3 is 5.97 Å². The van der Waals surface area contributed by atoms with Gasteiger partial charge in [0.25, 0.3) is 0 Å². The normalized spacial score (nSPS) is 12.7. The minimum absolute atomic E-state index is 0.171. The van der Waals surface area contributed by atoms with Crippen LogP contribution in [0, 0.1) is 0 Å². The summed E-state index contributed by atoms with van der Waals surface area (Å²) in [6.07, 6.45) is 0.535. The Kier molecular flexibility index (Phi) is 11.3. The van der Waals surface area contributed by atoms with E-state index in [1.54, 1.807) is 60.7 Å². The number of hydrogen-bond donors (Lipinski definition) is 2. The second kappa shape index (κ2) is 14.9. The van der Waals surface area contributed by atoms with Crippen LogP contribution in [0.5, 0.6) is 28.7 Å². The van der Waals surface area contributed by atoms with Crippen molar-refractivity contribution in [2.75, 3.05) is 42.2 Å². The van der Waals surface area contributed by atoms with Gasteiger partial charge in [-0.05, 0) is 53.6 Å². The van der Waals surface area contributed by atoms with Crippen molar-refractivity contribution in [2.45, 2.75) is 18.5 Å². The lowest BCUT2D eigenvalue weighted by atomic mass is 10.0. The summed E-state index contributed by atoms with van der Waals surface area (Å²) in [7, 11) is 7.40. The summed E-state index contributed by atoms with van der Waals surface area (Å²) in [6.45, 7) is -0.536. The Balaban J connectivity index is 1.84. The Morgan fingerprint density at radius 2 is 1.45 bits per heavy atom. The van der Waals surface area contributed by atoms with Crippen LogP contribution in [0.3, 0.4) is 0 Å². The van der Waals surface area contributed by atoms with Crippen LogP contribution in [-0.4, -0.2) is 70.7 Å². The fourth-order valence-electron chi connectivity index (χ4n) is 3.81. The van der Waals surface area contributed by atoms with Gasteiger partial charge in [-0.3, -0.25) is 0 Å². The van der Waals surface area contributed by atoms with Crippen molar-refractivity contribution in [3.8, 4) is 28.7 Å². The molecule has 214 valence electrons. The smallest absolute Gasteiger partial charge is 0.343 e. The average molecular weight is 555 g/mol. The number of hydrogen-bond acceptors (Lipinski definition) is 10. The van der Waals surface area contributed by atoms with E-state index in [0.717, 1.165) is 0 Å². The van der Waals surface area contributed by atoms with Crippen LogP contribution in [0.25, 0.3) is 6.08 Å². The molecule has 3 rings (SSSR count). The van der Waals surface area contributed by atoms with Crippen LogP contribution in [0.1, 0.15) is 27.6 Å². The number of carbonyl (C=O) groups excluding carboxylic acids is 1. The van der Waals surface area contributed by atoms with E-state index < -0.39 is 31.1 Å². The summed E-state index contributed by atoms with van der Waals surface area (Å²) in [6, 6.07) is 16.5. The van der Waals surface area contributed by atoms with E-state index in [-0.39, 0.29) is 17.2 Å². The number of esters is 1. The molecule has 3 aromatic carbocycles. The van der Waals surface area contributed by atoms with Gasteiger partial charge in [-0.1, -0.05) is 30.3 Å². The topological polar surface area (TPSA) is 122 Å². The average Bonchev–Trinajstić information content (AvgIpc) is 3.00. The third-order valence-corrected chi connectivity index (χ3v) is 5.94. The monoisotopic (exact) mass is 554 g/mol. The van der Waals surface area contributed by atoms with Crippen LogP contribution in [0.4, 0.5) is 0 Å². The second-order valence-electron chi connectivity index (χ2n) is 8.40. The van der Waals surface area contributed by atoms with Crippen molar-refractivity contribution in [1.82, 2.24) is 0 Å². The standard InChI is InChI=1S/C30H34O10/c1-34-23-17-21(12-13-22(23)40-30(33)20-9-7-6-8-10-20)28(32)26(18-31)39-29-24(35-2)15-19(16-25(29)36-3)11-14-27(37-4)38-5/h6-17,26-28,31-32H,18H2,1-5H3. The number of aliphatic hydroxyl groups is 2. The van der Waals surface area contributed by atoms with Crippen molar-refractivity contribution in [3.63, 3.8) is 0 Å². The zero-order chi connectivity index (χ0) is 29.1. The van der Waals surface area contributed by atoms with Gasteiger partial charge in [0.05, 0.1) is 33.5 Å². The van der Waals surface area contributed by atoms with Crippen molar-refractivity contribution >= 4 is 12.0 Å². The molecule has 2 unspecified atom stereocenters. The molecule has 40 heavy (non-hydrogen) atoms. The molecule has 0 aromatic heterocycles. The second-order valence-corrected chi connectivity index (χ2v) is 8.40. The molecule has 0 aliphatic carbocycles. The van der Waals surface area contributed by atoms with E-state index in [9.17, 15) is 15.0 Å². The summed E-state index contributed by atoms with van der Waals surface area (Å²) >= 11 is 0. The first kappa shape index (κ1) is 30.5. The first-order valence-corrected chi connectivity index (χ1v) is 12.3. The summed E-state index contributed by atoms with van der Waals surface area (Å²) in [5, 5.41) is 21.2. The molecule has 10 nitrogen and oxygen atoms in total. The van der Waals surface area contributed by atoms with E-state index in [4.69, 9.17) is 33.2 Å². The Hall–Kier alpha value is -4.09. The Morgan fingerprint density at radius 1 is 0.825 bits per heavy atom. The summed E-state index contributed by atoms with van der Waals surface area (Å²) in [5.41, 5.74) is 1.45. The minimum atomic E-state index is -1.30. The third kappa shape index (κ3) is 7.51. The van der Waals surface area contributed by atoms with Crippen molar-refractivity contribution in [3.05, 3.63) is 83.4 Å². The lowest BCUT2D eigenvalue weighted by molar-refractivity contribution is -0.0660. The predicted molar refractivity (Wildman–Crippen MR) is 147 cm³/mol. The summed E-state index contributed by atoms with van der Waals surface area (Å²) in [4.78, 5) is 12.5. The van der Waals surface area contributed by atoms with E-state index in [1.165, 1.54) is 47.7 Å². The lowest BCUT2D eigenvalue weighted by Crippen LogP contribution is -2.29. The molecule has 2 N–H and O–H groups in total. The van der Waals surface area contributed by atoms with Crippen LogP contribution in [-0.2, 0) is 9.47 Å². The molecular formula is C30H34O10. The summed E-state index contributed by atoms with van der Waals surface area (Å²) in [5.74, 6) is 0.657. The van der Waals surface area contributed by atoms with Crippen LogP contribution in [0.15, 0.2) is 66.7 Å². The van der Waals surface area contributed by atoms with Gasteiger partial charge in [0.2, 0.25) is 5.75 Å². The largest absolute Gasteiger partial charge is 0.493 e. The highest BCUT2D eigenvalue weighted by atomic mass is 16.7. The zero-order valence-corrected chi connectivity index (χ0v) is 23.0. The van der Waals surface area contributed by atoms with Crippen LogP contribution >= 0.6 is 0 Å². The van der Waals surface area contributed by atoms with Gasteiger partial charge in [0, 0.05) is 14.2 Å². The molecule has 0 bridgehead atoms. The first-order chi connectivity index (χ1) is 19.4. The van der Waals surface area contributed by atoms with Gasteiger partial charge in [-0.15, -0.1) is 0 Å². The Morgan fingerprint density at radius 3 is 2.00 bits per heavy atom. The van der Waals surface area contributed by atoms with E-state index in [2.05, 4.69) is 0 Å². The molecule has 0 amide bonds. The van der Waals surface area contributed by atoms with Crippen LogP contribution in [0.2, 0.25) is 0 Å². The molecule has 0 spiro atoms. The van der Waals surface area contributed by atoms with Crippen molar-refractivity contribution in [1.29, 1.82) is 0 Å². The molecule has 0 aliphatic heterocycles. The maximum Gasteiger partial charge on any atom is 0.343 e. The SMILES string of the molecule is COc1cc(C(O)C(CO)Oc2c(OC)cc(C=CC(OC)OC)cc2OC)ccc1OC(=O)c1ccccc1. The predicted octanol–water partition coefficient (Wildman–Crippen LogP) is 4.04. The molecule has 10 heteroatoms. The molecule has 0 radical (unpaired) electrons. The van der Waals surface area contributed by atoms with Crippen molar-refractivity contribution < 1.29 is 48.2 Å². The molecule has 2 atom stereocenters. The maximum atomic E-state index is 12.5. The maximum absolute atomic E-state index is 12.5. The zero-order valence-electron chi connectivity index (χ0n) is 23.0. The van der Waals surface area contributed by atoms with Crippen molar-refractivity contribution in [2.24, 2.45) is 0 Å². The van der Waals surface area contributed by atoms with Gasteiger partial charge in [-0.2, -0.15) is 0 Å². The Labute approximate surface area is 233 Å². The highest BCUT2D eigenvalue weighted by Gasteiger charge is 2.27. The van der Waals surface area contributed by atoms with Gasteiger partial charge < -0.3 is 43.4 Å². The molecule has 3 aromatic rings. The molecule has 0 saturated carbocycles. The van der Waals surface area contributed by atoms with Crippen LogP contribution < -0.4 is 23.7 Å². The van der Waals surface area contributed by atoms with E-state index >= 15 is 0 Å². The molecule has 0 heterocycles. The third-order valence-electron chi connectivity index (χ3n) is 5.94.